The van der Waals surface area contributed by atoms with Gasteiger partial charge < -0.3 is 15.7 Å². The molecular weight excluding hydrogens is 304 g/mol. The van der Waals surface area contributed by atoms with E-state index in [-0.39, 0.29) is 5.91 Å². The molecule has 1 aromatic carbocycles. The first-order valence-corrected chi connectivity index (χ1v) is 8.29. The number of anilines is 1. The summed E-state index contributed by atoms with van der Waals surface area (Å²) in [6.45, 7) is 1.73. The van der Waals surface area contributed by atoms with Crippen LogP contribution in [0.5, 0.6) is 0 Å². The van der Waals surface area contributed by atoms with Crippen LogP contribution in [0.2, 0.25) is 0 Å². The highest BCUT2D eigenvalue weighted by Crippen LogP contribution is 2.12. The van der Waals surface area contributed by atoms with Crippen LogP contribution in [0.15, 0.2) is 24.3 Å². The molecule has 0 aromatic heterocycles. The van der Waals surface area contributed by atoms with Gasteiger partial charge in [-0.3, -0.25) is 9.59 Å². The Morgan fingerprint density at radius 2 is 2.05 bits per heavy atom. The van der Waals surface area contributed by atoms with Crippen molar-refractivity contribution < 1.29 is 19.5 Å². The minimum atomic E-state index is -1.06. The lowest BCUT2D eigenvalue weighted by Crippen LogP contribution is -2.41. The summed E-state index contributed by atoms with van der Waals surface area (Å²) in [6.07, 6.45) is 2.57. The monoisotopic (exact) mass is 324 g/mol. The van der Waals surface area contributed by atoms with E-state index in [0.29, 0.717) is 29.8 Å². The fourth-order valence-electron chi connectivity index (χ4n) is 1.72. The van der Waals surface area contributed by atoms with Gasteiger partial charge in [-0.1, -0.05) is 13.0 Å². The average Bonchev–Trinajstić information content (AvgIpc) is 2.51. The first kappa shape index (κ1) is 18.0. The number of amides is 2. The summed E-state index contributed by atoms with van der Waals surface area (Å²) < 4.78 is 0. The third-order valence-corrected chi connectivity index (χ3v) is 3.59. The summed E-state index contributed by atoms with van der Waals surface area (Å²) in [5.74, 6) is -1.04. The van der Waals surface area contributed by atoms with Crippen LogP contribution >= 0.6 is 11.8 Å². The molecule has 22 heavy (non-hydrogen) atoms. The first-order valence-electron chi connectivity index (χ1n) is 6.90. The van der Waals surface area contributed by atoms with Crippen molar-refractivity contribution in [2.45, 2.75) is 25.8 Å². The van der Waals surface area contributed by atoms with Crippen molar-refractivity contribution in [2.75, 3.05) is 17.3 Å². The van der Waals surface area contributed by atoms with Gasteiger partial charge in [-0.15, -0.1) is 0 Å². The molecule has 0 spiro atoms. The molecule has 1 rings (SSSR count). The fraction of sp³-hybridized carbons (Fsp3) is 0.400. The lowest BCUT2D eigenvalue weighted by molar-refractivity contribution is -0.139. The van der Waals surface area contributed by atoms with E-state index in [0.717, 1.165) is 0 Å². The summed E-state index contributed by atoms with van der Waals surface area (Å²) in [6, 6.07) is 5.49. The van der Waals surface area contributed by atoms with Crippen LogP contribution in [-0.2, 0) is 9.59 Å². The number of hydrogen-bond acceptors (Lipinski definition) is 4. The molecule has 6 nitrogen and oxygen atoms in total. The summed E-state index contributed by atoms with van der Waals surface area (Å²) in [4.78, 5) is 34.6. The number of carbonyl (C=O) groups is 3. The highest BCUT2D eigenvalue weighted by molar-refractivity contribution is 7.98. The number of rotatable bonds is 8. The minimum absolute atomic E-state index is 0.152. The molecule has 1 aromatic rings. The van der Waals surface area contributed by atoms with Gasteiger partial charge >= 0.3 is 5.97 Å². The van der Waals surface area contributed by atoms with E-state index in [2.05, 4.69) is 10.6 Å². The normalized spacial score (nSPS) is 11.5. The van der Waals surface area contributed by atoms with Gasteiger partial charge in [0.15, 0.2) is 0 Å². The van der Waals surface area contributed by atoms with E-state index in [1.54, 1.807) is 25.1 Å². The number of carboxylic acids is 1. The average molecular weight is 324 g/mol. The molecule has 120 valence electrons. The Hall–Kier alpha value is -2.02. The zero-order chi connectivity index (χ0) is 16.5. The summed E-state index contributed by atoms with van der Waals surface area (Å²) in [5.41, 5.74) is 0.819. The lowest BCUT2D eigenvalue weighted by atomic mass is 10.1. The Balaban J connectivity index is 2.77. The molecule has 0 heterocycles. The fourth-order valence-corrected chi connectivity index (χ4v) is 2.19. The van der Waals surface area contributed by atoms with Crippen LogP contribution in [-0.4, -0.2) is 40.9 Å². The lowest BCUT2D eigenvalue weighted by Gasteiger charge is -2.14. The predicted molar refractivity (Wildman–Crippen MR) is 87.3 cm³/mol. The molecule has 1 atom stereocenters. The van der Waals surface area contributed by atoms with Crippen molar-refractivity contribution in [3.05, 3.63) is 29.8 Å². The predicted octanol–water partition coefficient (Wildman–Crippen LogP) is 1.97. The van der Waals surface area contributed by atoms with Gasteiger partial charge in [-0.2, -0.15) is 11.8 Å². The molecule has 3 N–H and O–H groups in total. The maximum Gasteiger partial charge on any atom is 0.326 e. The largest absolute Gasteiger partial charge is 0.480 e. The Bertz CT molecular complexity index is 548. The standard InChI is InChI=1S/C15H20N2O4S/c1-3-13(18)16-11-6-4-5-10(9-11)14(19)17-12(15(20)21)7-8-22-2/h4-6,9,12H,3,7-8H2,1-2H3,(H,16,18)(H,17,19)(H,20,21)/t12-/m1/s1. The number of hydrogen-bond donors (Lipinski definition) is 3. The second-order valence-electron chi connectivity index (χ2n) is 4.63. The molecule has 2 amide bonds. The van der Waals surface area contributed by atoms with Gasteiger partial charge in [0, 0.05) is 17.7 Å². The van der Waals surface area contributed by atoms with E-state index in [1.165, 1.54) is 17.8 Å². The number of nitrogens with one attached hydrogen (secondary N) is 2. The molecule has 0 fully saturated rings. The van der Waals surface area contributed by atoms with E-state index < -0.39 is 17.9 Å². The Labute approximate surface area is 133 Å². The summed E-state index contributed by atoms with van der Waals surface area (Å²) in [7, 11) is 0. The molecule has 0 radical (unpaired) electrons. The number of thioether (sulfide) groups is 1. The number of aliphatic carboxylic acids is 1. The number of benzene rings is 1. The highest BCUT2D eigenvalue weighted by Gasteiger charge is 2.20. The van der Waals surface area contributed by atoms with Crippen molar-refractivity contribution in [1.29, 1.82) is 0 Å². The maximum atomic E-state index is 12.1. The topological polar surface area (TPSA) is 95.5 Å². The third-order valence-electron chi connectivity index (χ3n) is 2.94. The maximum absolute atomic E-state index is 12.1. The van der Waals surface area contributed by atoms with Crippen LogP contribution in [0.1, 0.15) is 30.1 Å². The Kier molecular flexibility index (Phi) is 7.45. The van der Waals surface area contributed by atoms with Gasteiger partial charge in [-0.05, 0) is 36.6 Å². The van der Waals surface area contributed by atoms with Gasteiger partial charge in [0.2, 0.25) is 5.91 Å². The molecule has 0 saturated carbocycles. The van der Waals surface area contributed by atoms with E-state index in [1.807, 2.05) is 6.26 Å². The Morgan fingerprint density at radius 3 is 2.64 bits per heavy atom. The van der Waals surface area contributed by atoms with Crippen molar-refractivity contribution >= 4 is 35.2 Å². The second-order valence-corrected chi connectivity index (χ2v) is 5.61. The van der Waals surface area contributed by atoms with Gasteiger partial charge in [0.25, 0.3) is 5.91 Å². The van der Waals surface area contributed by atoms with E-state index >= 15 is 0 Å². The van der Waals surface area contributed by atoms with Crippen LogP contribution in [0.4, 0.5) is 5.69 Å². The molecule has 0 aliphatic heterocycles. The van der Waals surface area contributed by atoms with E-state index in [9.17, 15) is 14.4 Å². The van der Waals surface area contributed by atoms with Gasteiger partial charge in [-0.25, -0.2) is 4.79 Å². The number of carboxylic acid groups (broad SMARTS) is 1. The minimum Gasteiger partial charge on any atom is -0.480 e. The number of carbonyl (C=O) groups excluding carboxylic acids is 2. The Morgan fingerprint density at radius 1 is 1.32 bits per heavy atom. The van der Waals surface area contributed by atoms with Gasteiger partial charge in [0.1, 0.15) is 6.04 Å². The van der Waals surface area contributed by atoms with Crippen molar-refractivity contribution in [3.8, 4) is 0 Å². The van der Waals surface area contributed by atoms with Crippen LogP contribution < -0.4 is 10.6 Å². The molecule has 0 unspecified atom stereocenters. The zero-order valence-corrected chi connectivity index (χ0v) is 13.4. The molecule has 0 aliphatic carbocycles. The first-order chi connectivity index (χ1) is 10.5. The van der Waals surface area contributed by atoms with Crippen LogP contribution in [0, 0.1) is 0 Å². The van der Waals surface area contributed by atoms with Crippen LogP contribution in [0.25, 0.3) is 0 Å². The quantitative estimate of drug-likeness (QED) is 0.679. The summed E-state index contributed by atoms with van der Waals surface area (Å²) in [5, 5.41) is 14.3. The smallest absolute Gasteiger partial charge is 0.326 e. The molecule has 0 bridgehead atoms. The van der Waals surface area contributed by atoms with Crippen molar-refractivity contribution in [2.24, 2.45) is 0 Å². The van der Waals surface area contributed by atoms with E-state index in [4.69, 9.17) is 5.11 Å². The highest BCUT2D eigenvalue weighted by atomic mass is 32.2. The molecule has 0 saturated heterocycles. The molecule has 7 heteroatoms. The third kappa shape index (κ3) is 5.77. The second kappa shape index (κ2) is 9.09. The SMILES string of the molecule is CCC(=O)Nc1cccc(C(=O)N[C@H](CCSC)C(=O)O)c1. The molecular formula is C15H20N2O4S. The molecule has 0 aliphatic rings. The van der Waals surface area contributed by atoms with Gasteiger partial charge in [0.05, 0.1) is 0 Å². The van der Waals surface area contributed by atoms with Crippen molar-refractivity contribution in [3.63, 3.8) is 0 Å². The van der Waals surface area contributed by atoms with Crippen molar-refractivity contribution in [1.82, 2.24) is 5.32 Å². The summed E-state index contributed by atoms with van der Waals surface area (Å²) >= 11 is 1.52. The zero-order valence-electron chi connectivity index (χ0n) is 12.6. The van der Waals surface area contributed by atoms with Crippen LogP contribution in [0.3, 0.4) is 0 Å².